The first-order valence-electron chi connectivity index (χ1n) is 14.2. The van der Waals surface area contributed by atoms with Gasteiger partial charge in [-0.1, -0.05) is 40.0 Å². The molecule has 36 heavy (non-hydrogen) atoms. The van der Waals surface area contributed by atoms with E-state index in [1.54, 1.807) is 0 Å². The van der Waals surface area contributed by atoms with Crippen LogP contribution in [0.15, 0.2) is 12.4 Å². The molecule has 4 fully saturated rings. The largest absolute Gasteiger partial charge is 0.483 e. The van der Waals surface area contributed by atoms with Crippen molar-refractivity contribution in [1.29, 1.82) is 0 Å². The molecule has 200 valence electrons. The number of halogens is 3. The zero-order valence-electron chi connectivity index (χ0n) is 21.9. The number of nitrogens with zero attached hydrogens (tertiary/aromatic N) is 2. The van der Waals surface area contributed by atoms with Gasteiger partial charge in [-0.05, 0) is 91.8 Å². The van der Waals surface area contributed by atoms with E-state index in [0.717, 1.165) is 54.8 Å². The Labute approximate surface area is 213 Å². The minimum atomic E-state index is -4.59. The lowest BCUT2D eigenvalue weighted by Gasteiger charge is -2.55. The summed E-state index contributed by atoms with van der Waals surface area (Å²) in [6.45, 7) is 6.94. The summed E-state index contributed by atoms with van der Waals surface area (Å²) < 4.78 is 43.9. The standard InChI is InChI=1S/C29H41F3N2O2/c1-4-6-20-17(5-2)9-10-22-21(20)11-12-28(3)24(13-23(26(22)28)18-7-8-18)25(35)16-36-19-14-33-27(34-15-19)29(30,31)32/h14-15,17-18,20-24,26H,4-13,16H2,1-3H3. The van der Waals surface area contributed by atoms with Crippen molar-refractivity contribution in [2.24, 2.45) is 52.8 Å². The number of carbonyl (C=O) groups excluding carboxylic acids is 1. The molecule has 8 unspecified atom stereocenters. The van der Waals surface area contributed by atoms with Gasteiger partial charge in [-0.2, -0.15) is 13.2 Å². The maximum Gasteiger partial charge on any atom is 0.451 e. The third kappa shape index (κ3) is 4.69. The third-order valence-corrected chi connectivity index (χ3v) is 10.6. The van der Waals surface area contributed by atoms with Crippen molar-refractivity contribution < 1.29 is 22.7 Å². The van der Waals surface area contributed by atoms with Gasteiger partial charge in [0, 0.05) is 5.92 Å². The van der Waals surface area contributed by atoms with Crippen molar-refractivity contribution in [2.75, 3.05) is 6.61 Å². The quantitative estimate of drug-likeness (QED) is 0.369. The number of fused-ring (bicyclic) bond motifs is 3. The highest BCUT2D eigenvalue weighted by Gasteiger charge is 2.63. The average molecular weight is 507 g/mol. The second-order valence-corrected chi connectivity index (χ2v) is 12.4. The molecule has 0 saturated heterocycles. The van der Waals surface area contributed by atoms with Crippen LogP contribution in [0.5, 0.6) is 5.75 Å². The molecule has 0 aromatic carbocycles. The van der Waals surface area contributed by atoms with Gasteiger partial charge in [0.2, 0.25) is 5.82 Å². The van der Waals surface area contributed by atoms with Crippen molar-refractivity contribution in [1.82, 2.24) is 9.97 Å². The summed E-state index contributed by atoms with van der Waals surface area (Å²) in [7, 11) is 0. The highest BCUT2D eigenvalue weighted by Crippen LogP contribution is 2.68. The van der Waals surface area contributed by atoms with E-state index in [-0.39, 0.29) is 29.5 Å². The summed E-state index contributed by atoms with van der Waals surface area (Å²) in [5.74, 6) is 4.21. The van der Waals surface area contributed by atoms with E-state index in [1.165, 1.54) is 51.4 Å². The molecule has 4 saturated carbocycles. The zero-order valence-corrected chi connectivity index (χ0v) is 21.9. The summed E-state index contributed by atoms with van der Waals surface area (Å²) >= 11 is 0. The van der Waals surface area contributed by atoms with E-state index < -0.39 is 12.0 Å². The molecule has 4 aliphatic rings. The summed E-state index contributed by atoms with van der Waals surface area (Å²) in [5, 5.41) is 0. The second-order valence-electron chi connectivity index (χ2n) is 12.4. The molecule has 0 bridgehead atoms. The Kier molecular flexibility index (Phi) is 7.14. The van der Waals surface area contributed by atoms with Crippen molar-refractivity contribution >= 4 is 5.78 Å². The number of hydrogen-bond acceptors (Lipinski definition) is 4. The Hall–Kier alpha value is -1.66. The molecule has 7 heteroatoms. The third-order valence-electron chi connectivity index (χ3n) is 10.6. The molecule has 1 aromatic rings. The van der Waals surface area contributed by atoms with Gasteiger partial charge in [0.1, 0.15) is 6.61 Å². The normalized spacial score (nSPS) is 38.3. The van der Waals surface area contributed by atoms with Crippen LogP contribution < -0.4 is 4.74 Å². The monoisotopic (exact) mass is 506 g/mol. The van der Waals surface area contributed by atoms with Gasteiger partial charge in [0.05, 0.1) is 12.4 Å². The van der Waals surface area contributed by atoms with Crippen LogP contribution in [-0.2, 0) is 11.0 Å². The van der Waals surface area contributed by atoms with E-state index in [0.29, 0.717) is 11.8 Å². The van der Waals surface area contributed by atoms with Crippen molar-refractivity contribution in [3.05, 3.63) is 18.2 Å². The molecule has 4 aliphatic carbocycles. The van der Waals surface area contributed by atoms with Gasteiger partial charge >= 0.3 is 6.18 Å². The molecule has 0 N–H and O–H groups in total. The molecule has 0 spiro atoms. The predicted octanol–water partition coefficient (Wildman–Crippen LogP) is 7.37. The molecule has 8 atom stereocenters. The van der Waals surface area contributed by atoms with E-state index in [4.69, 9.17) is 4.74 Å². The zero-order chi connectivity index (χ0) is 25.7. The number of ketones is 1. The molecule has 0 radical (unpaired) electrons. The molecule has 1 heterocycles. The number of rotatable bonds is 8. The topological polar surface area (TPSA) is 52.1 Å². The fourth-order valence-electron chi connectivity index (χ4n) is 9.00. The van der Waals surface area contributed by atoms with E-state index in [2.05, 4.69) is 30.7 Å². The van der Waals surface area contributed by atoms with E-state index >= 15 is 0 Å². The summed E-state index contributed by atoms with van der Waals surface area (Å²) in [6.07, 6.45) is 9.85. The highest BCUT2D eigenvalue weighted by atomic mass is 19.4. The molecule has 1 aromatic heterocycles. The number of carbonyl (C=O) groups is 1. The van der Waals surface area contributed by atoms with Crippen molar-refractivity contribution in [3.8, 4) is 5.75 Å². The van der Waals surface area contributed by atoms with Crippen LogP contribution in [0.25, 0.3) is 0 Å². The average Bonchev–Trinajstić information content (AvgIpc) is 3.64. The Morgan fingerprint density at radius 1 is 1.06 bits per heavy atom. The molecule has 0 aliphatic heterocycles. The van der Waals surface area contributed by atoms with Gasteiger partial charge in [0.15, 0.2) is 11.5 Å². The Morgan fingerprint density at radius 3 is 2.39 bits per heavy atom. The molecular weight excluding hydrogens is 465 g/mol. The minimum absolute atomic E-state index is 0.00131. The summed E-state index contributed by atoms with van der Waals surface area (Å²) in [5.41, 5.74) is 0.00131. The highest BCUT2D eigenvalue weighted by molar-refractivity contribution is 5.83. The lowest BCUT2D eigenvalue weighted by atomic mass is 9.49. The maximum absolute atomic E-state index is 13.6. The maximum atomic E-state index is 13.6. The molecular formula is C29H41F3N2O2. The van der Waals surface area contributed by atoms with Gasteiger partial charge in [-0.25, -0.2) is 9.97 Å². The van der Waals surface area contributed by atoms with Crippen LogP contribution >= 0.6 is 0 Å². The van der Waals surface area contributed by atoms with Gasteiger partial charge in [-0.3, -0.25) is 4.79 Å². The van der Waals surface area contributed by atoms with Crippen LogP contribution in [0, 0.1) is 52.8 Å². The Balaban J connectivity index is 1.32. The number of hydrogen-bond donors (Lipinski definition) is 0. The Bertz CT molecular complexity index is 931. The van der Waals surface area contributed by atoms with Gasteiger partial charge in [0.25, 0.3) is 0 Å². The predicted molar refractivity (Wildman–Crippen MR) is 131 cm³/mol. The van der Waals surface area contributed by atoms with Crippen LogP contribution in [0.4, 0.5) is 13.2 Å². The summed E-state index contributed by atoms with van der Waals surface area (Å²) in [4.78, 5) is 20.3. The lowest BCUT2D eigenvalue weighted by molar-refractivity contribution is -0.145. The molecule has 0 amide bonds. The van der Waals surface area contributed by atoms with Crippen LogP contribution in [0.1, 0.15) is 90.8 Å². The summed E-state index contributed by atoms with van der Waals surface area (Å²) in [6, 6.07) is 0. The molecule has 4 nitrogen and oxygen atoms in total. The van der Waals surface area contributed by atoms with Gasteiger partial charge in [-0.15, -0.1) is 0 Å². The van der Waals surface area contributed by atoms with Crippen LogP contribution in [0.3, 0.4) is 0 Å². The molecule has 5 rings (SSSR count). The number of aromatic nitrogens is 2. The van der Waals surface area contributed by atoms with E-state index in [1.807, 2.05) is 0 Å². The number of ether oxygens (including phenoxy) is 1. The van der Waals surface area contributed by atoms with Crippen molar-refractivity contribution in [3.63, 3.8) is 0 Å². The van der Waals surface area contributed by atoms with Gasteiger partial charge < -0.3 is 4.74 Å². The van der Waals surface area contributed by atoms with Crippen LogP contribution in [0.2, 0.25) is 0 Å². The fourth-order valence-corrected chi connectivity index (χ4v) is 9.00. The SMILES string of the molecule is CCCC1C(CC)CCC2C1CCC1(C)C(C(=O)COc3cnc(C(F)(F)F)nc3)CC(C3CC3)C21. The first-order valence-corrected chi connectivity index (χ1v) is 14.2. The second kappa shape index (κ2) is 9.90. The lowest BCUT2D eigenvalue weighted by Crippen LogP contribution is -2.50. The Morgan fingerprint density at radius 2 is 1.78 bits per heavy atom. The fraction of sp³-hybridized carbons (Fsp3) is 0.828. The van der Waals surface area contributed by atoms with Crippen LogP contribution in [-0.4, -0.2) is 22.4 Å². The van der Waals surface area contributed by atoms with E-state index in [9.17, 15) is 18.0 Å². The smallest absolute Gasteiger partial charge is 0.451 e. The first kappa shape index (κ1) is 26.0. The number of Topliss-reactive ketones (excluding diaryl/α,β-unsaturated/α-hetero) is 1. The first-order chi connectivity index (χ1) is 17.2. The minimum Gasteiger partial charge on any atom is -0.483 e. The number of alkyl halides is 3. The van der Waals surface area contributed by atoms with Crippen molar-refractivity contribution in [2.45, 2.75) is 91.2 Å².